The molecule has 8 heteroatoms. The summed E-state index contributed by atoms with van der Waals surface area (Å²) >= 11 is 0. The number of phenolic OH excluding ortho intramolecular Hbond substituents is 2. The van der Waals surface area contributed by atoms with Crippen LogP contribution < -0.4 is 5.32 Å². The molecule has 1 aromatic rings. The molecule has 0 unspecified atom stereocenters. The van der Waals surface area contributed by atoms with Gasteiger partial charge in [0.05, 0.1) is 10.5 Å². The summed E-state index contributed by atoms with van der Waals surface area (Å²) in [6, 6.07) is 2.17. The summed E-state index contributed by atoms with van der Waals surface area (Å²) in [5.41, 5.74) is -0.207. The minimum Gasteiger partial charge on any atom is -0.504 e. The second-order valence-electron chi connectivity index (χ2n) is 7.52. The molecule has 0 bridgehead atoms. The van der Waals surface area contributed by atoms with Crippen molar-refractivity contribution in [3.8, 4) is 11.5 Å². The smallest absolute Gasteiger partial charge is 0.255 e. The van der Waals surface area contributed by atoms with Crippen LogP contribution in [0.1, 0.15) is 61.7 Å². The Kier molecular flexibility index (Phi) is 6.26. The van der Waals surface area contributed by atoms with E-state index in [-0.39, 0.29) is 10.5 Å². The van der Waals surface area contributed by atoms with Crippen LogP contribution in [0.4, 0.5) is 0 Å². The minimum atomic E-state index is -3.81. The third kappa shape index (κ3) is 4.55. The van der Waals surface area contributed by atoms with Crippen LogP contribution in [0.2, 0.25) is 0 Å². The number of nitrogens with one attached hydrogen (secondary N) is 1. The fraction of sp³-hybridized carbons (Fsp3) is 0.632. The van der Waals surface area contributed by atoms with E-state index < -0.39 is 27.4 Å². The lowest BCUT2D eigenvalue weighted by Crippen LogP contribution is -2.36. The average molecular weight is 397 g/mol. The maximum absolute atomic E-state index is 12.8. The van der Waals surface area contributed by atoms with Crippen LogP contribution in [0.5, 0.6) is 11.5 Å². The van der Waals surface area contributed by atoms with Crippen molar-refractivity contribution in [1.29, 1.82) is 0 Å². The average Bonchev–Trinajstić information content (AvgIpc) is 2.69. The van der Waals surface area contributed by atoms with Crippen molar-refractivity contribution in [3.63, 3.8) is 0 Å². The molecule has 27 heavy (non-hydrogen) atoms. The number of carbonyl (C=O) groups excluding carboxylic acids is 1. The van der Waals surface area contributed by atoms with Gasteiger partial charge in [0.2, 0.25) is 10.0 Å². The first kappa shape index (κ1) is 19.9. The van der Waals surface area contributed by atoms with Gasteiger partial charge in [-0.3, -0.25) is 4.79 Å². The molecule has 1 aromatic carbocycles. The van der Waals surface area contributed by atoms with E-state index in [4.69, 9.17) is 0 Å². The third-order valence-electron chi connectivity index (χ3n) is 5.54. The number of amides is 1. The molecule has 0 spiro atoms. The number of carbonyl (C=O) groups is 1. The highest BCUT2D eigenvalue weighted by Crippen LogP contribution is 2.34. The lowest BCUT2D eigenvalue weighted by molar-refractivity contribution is 0.0940. The Morgan fingerprint density at radius 1 is 1.04 bits per heavy atom. The molecule has 2 fully saturated rings. The Morgan fingerprint density at radius 2 is 1.67 bits per heavy atom. The minimum absolute atomic E-state index is 0.164. The van der Waals surface area contributed by atoms with Crippen LogP contribution in [0, 0.1) is 5.92 Å². The van der Waals surface area contributed by atoms with Gasteiger partial charge in [0.15, 0.2) is 11.5 Å². The maximum Gasteiger partial charge on any atom is 0.255 e. The molecule has 1 saturated carbocycles. The number of sulfonamides is 1. The summed E-state index contributed by atoms with van der Waals surface area (Å²) in [6.45, 7) is 1.34. The van der Waals surface area contributed by atoms with E-state index in [1.165, 1.54) is 10.7 Å². The van der Waals surface area contributed by atoms with Crippen molar-refractivity contribution in [2.24, 2.45) is 5.92 Å². The van der Waals surface area contributed by atoms with Crippen LogP contribution >= 0.6 is 0 Å². The van der Waals surface area contributed by atoms with Gasteiger partial charge in [0.1, 0.15) is 0 Å². The molecular weight excluding hydrogens is 368 g/mol. The van der Waals surface area contributed by atoms with Gasteiger partial charge >= 0.3 is 0 Å². The molecule has 2 aliphatic rings. The van der Waals surface area contributed by atoms with Crippen molar-refractivity contribution >= 4 is 15.9 Å². The van der Waals surface area contributed by atoms with Crippen LogP contribution in [-0.4, -0.2) is 48.5 Å². The van der Waals surface area contributed by atoms with Crippen LogP contribution in [-0.2, 0) is 10.0 Å². The molecule has 1 heterocycles. The molecule has 3 rings (SSSR count). The molecule has 1 aliphatic heterocycles. The fourth-order valence-electron chi connectivity index (χ4n) is 3.89. The van der Waals surface area contributed by atoms with E-state index in [1.54, 1.807) is 0 Å². The lowest BCUT2D eigenvalue weighted by atomic mass is 9.89. The van der Waals surface area contributed by atoms with E-state index in [9.17, 15) is 23.4 Å². The summed E-state index contributed by atoms with van der Waals surface area (Å²) in [5, 5.41) is 22.9. The second kappa shape index (κ2) is 8.48. The normalized spacial score (nSPS) is 19.7. The van der Waals surface area contributed by atoms with Crippen LogP contribution in [0.15, 0.2) is 17.0 Å². The standard InChI is InChI=1S/C19H28N2O5S/c22-17-12-15(27(25,26)21-9-5-2-6-10-21)11-16(18(17)23)19(24)20-13-14-7-3-1-4-8-14/h11-12,14,22-23H,1-10,13H2,(H,20,24). The summed E-state index contributed by atoms with van der Waals surface area (Å²) in [4.78, 5) is 12.4. The van der Waals surface area contributed by atoms with Gasteiger partial charge < -0.3 is 15.5 Å². The van der Waals surface area contributed by atoms with Crippen LogP contribution in [0.3, 0.4) is 0 Å². The Bertz CT molecular complexity index is 782. The molecule has 150 valence electrons. The predicted molar refractivity (Wildman–Crippen MR) is 101 cm³/mol. The predicted octanol–water partition coefficient (Wildman–Crippen LogP) is 2.58. The number of benzene rings is 1. The van der Waals surface area contributed by atoms with Gasteiger partial charge in [-0.05, 0) is 37.7 Å². The largest absolute Gasteiger partial charge is 0.504 e. The highest BCUT2D eigenvalue weighted by Gasteiger charge is 2.29. The highest BCUT2D eigenvalue weighted by atomic mass is 32.2. The topological polar surface area (TPSA) is 107 Å². The first-order valence-corrected chi connectivity index (χ1v) is 11.2. The number of rotatable bonds is 5. The SMILES string of the molecule is O=C(NCC1CCCCC1)c1cc(S(=O)(=O)N2CCCCC2)cc(O)c1O. The molecule has 1 amide bonds. The van der Waals surface area contributed by atoms with Crippen molar-refractivity contribution < 1.29 is 23.4 Å². The third-order valence-corrected chi connectivity index (χ3v) is 7.41. The van der Waals surface area contributed by atoms with E-state index in [2.05, 4.69) is 5.32 Å². The van der Waals surface area contributed by atoms with Crippen LogP contribution in [0.25, 0.3) is 0 Å². The Balaban J connectivity index is 1.79. The first-order valence-electron chi connectivity index (χ1n) is 9.74. The lowest BCUT2D eigenvalue weighted by Gasteiger charge is -2.26. The fourth-order valence-corrected chi connectivity index (χ4v) is 5.46. The Hall–Kier alpha value is -1.80. The first-order chi connectivity index (χ1) is 12.9. The van der Waals surface area contributed by atoms with E-state index >= 15 is 0 Å². The van der Waals surface area contributed by atoms with Gasteiger partial charge in [0, 0.05) is 25.7 Å². The monoisotopic (exact) mass is 396 g/mol. The van der Waals surface area contributed by atoms with Gasteiger partial charge in [-0.15, -0.1) is 0 Å². The maximum atomic E-state index is 12.8. The number of aromatic hydroxyl groups is 2. The molecule has 3 N–H and O–H groups in total. The van der Waals surface area contributed by atoms with Crippen molar-refractivity contribution in [1.82, 2.24) is 9.62 Å². The second-order valence-corrected chi connectivity index (χ2v) is 9.46. The van der Waals surface area contributed by atoms with Gasteiger partial charge in [0.25, 0.3) is 5.91 Å². The van der Waals surface area contributed by atoms with Crippen molar-refractivity contribution in [2.45, 2.75) is 56.3 Å². The zero-order chi connectivity index (χ0) is 19.4. The Labute approximate surface area is 160 Å². The van der Waals surface area contributed by atoms with E-state index in [0.29, 0.717) is 25.6 Å². The van der Waals surface area contributed by atoms with Crippen molar-refractivity contribution in [3.05, 3.63) is 17.7 Å². The summed E-state index contributed by atoms with van der Waals surface area (Å²) in [5.74, 6) is -1.35. The van der Waals surface area contributed by atoms with E-state index in [1.807, 2.05) is 0 Å². The summed E-state index contributed by atoms with van der Waals surface area (Å²) < 4.78 is 27.0. The molecule has 1 saturated heterocycles. The number of nitrogens with zero attached hydrogens (tertiary/aromatic N) is 1. The zero-order valence-electron chi connectivity index (χ0n) is 15.5. The van der Waals surface area contributed by atoms with Gasteiger partial charge in [-0.1, -0.05) is 25.7 Å². The van der Waals surface area contributed by atoms with E-state index in [0.717, 1.165) is 57.1 Å². The van der Waals surface area contributed by atoms with Gasteiger partial charge in [-0.25, -0.2) is 8.42 Å². The molecular formula is C19H28N2O5S. The molecule has 1 aliphatic carbocycles. The summed E-state index contributed by atoms with van der Waals surface area (Å²) in [7, 11) is -3.81. The quantitative estimate of drug-likeness (QED) is 0.663. The number of hydrogen-bond acceptors (Lipinski definition) is 5. The number of piperidine rings is 1. The molecule has 0 radical (unpaired) electrons. The molecule has 7 nitrogen and oxygen atoms in total. The highest BCUT2D eigenvalue weighted by molar-refractivity contribution is 7.89. The van der Waals surface area contributed by atoms with Crippen molar-refractivity contribution in [2.75, 3.05) is 19.6 Å². The Morgan fingerprint density at radius 3 is 2.33 bits per heavy atom. The zero-order valence-corrected chi connectivity index (χ0v) is 16.3. The summed E-state index contributed by atoms with van der Waals surface area (Å²) in [6.07, 6.45) is 8.20. The molecule has 0 aromatic heterocycles. The number of phenols is 2. The van der Waals surface area contributed by atoms with Gasteiger partial charge in [-0.2, -0.15) is 4.31 Å². The molecule has 0 atom stereocenters. The number of hydrogen-bond donors (Lipinski definition) is 3.